The van der Waals surface area contributed by atoms with Crippen molar-refractivity contribution in [2.75, 3.05) is 18.0 Å². The summed E-state index contributed by atoms with van der Waals surface area (Å²) in [4.78, 5) is 21.6. The fourth-order valence-corrected chi connectivity index (χ4v) is 2.63. The Morgan fingerprint density at radius 1 is 1.29 bits per heavy atom. The largest absolute Gasteiger partial charge is 0.478 e. The zero-order valence-electron chi connectivity index (χ0n) is 14.2. The normalized spacial score (nSPS) is 17.0. The van der Waals surface area contributed by atoms with Gasteiger partial charge in [0, 0.05) is 37.0 Å². The van der Waals surface area contributed by atoms with Crippen molar-refractivity contribution in [2.24, 2.45) is 5.73 Å². The van der Waals surface area contributed by atoms with Gasteiger partial charge in [0.15, 0.2) is 0 Å². The number of anilines is 1. The zero-order chi connectivity index (χ0) is 18.1. The monoisotopic (exact) mass is 334 g/mol. The molecular formula is C18H26N2O4. The molecule has 0 amide bonds. The highest BCUT2D eigenvalue weighted by Gasteiger charge is 2.23. The van der Waals surface area contributed by atoms with E-state index in [4.69, 9.17) is 15.9 Å². The minimum atomic E-state index is -1.26. The van der Waals surface area contributed by atoms with E-state index in [1.807, 2.05) is 0 Å². The van der Waals surface area contributed by atoms with Crippen LogP contribution in [-0.2, 0) is 9.59 Å². The van der Waals surface area contributed by atoms with Gasteiger partial charge in [-0.25, -0.2) is 9.59 Å². The molecule has 1 aromatic carbocycles. The molecule has 1 unspecified atom stereocenters. The average molecular weight is 334 g/mol. The highest BCUT2D eigenvalue weighted by molar-refractivity contribution is 5.89. The molecule has 24 heavy (non-hydrogen) atoms. The quantitative estimate of drug-likeness (QED) is 0.715. The summed E-state index contributed by atoms with van der Waals surface area (Å²) < 4.78 is 0. The van der Waals surface area contributed by atoms with Gasteiger partial charge in [0.25, 0.3) is 0 Å². The molecule has 1 fully saturated rings. The molecule has 0 radical (unpaired) electrons. The van der Waals surface area contributed by atoms with Gasteiger partial charge in [-0.2, -0.15) is 0 Å². The fraction of sp³-hybridized carbons (Fsp3) is 0.444. The van der Waals surface area contributed by atoms with Crippen LogP contribution in [0.25, 0.3) is 0 Å². The molecule has 1 aliphatic rings. The predicted molar refractivity (Wildman–Crippen MR) is 94.4 cm³/mol. The highest BCUT2D eigenvalue weighted by atomic mass is 16.4. The van der Waals surface area contributed by atoms with Gasteiger partial charge >= 0.3 is 11.9 Å². The van der Waals surface area contributed by atoms with Crippen LogP contribution in [-0.4, -0.2) is 41.3 Å². The Labute approximate surface area is 142 Å². The third-order valence-electron chi connectivity index (χ3n) is 3.89. The first-order chi connectivity index (χ1) is 11.3. The summed E-state index contributed by atoms with van der Waals surface area (Å²) in [6.45, 7) is 6.41. The van der Waals surface area contributed by atoms with Gasteiger partial charge in [-0.15, -0.1) is 0 Å². The van der Waals surface area contributed by atoms with E-state index in [-0.39, 0.29) is 0 Å². The van der Waals surface area contributed by atoms with Gasteiger partial charge in [0.1, 0.15) is 0 Å². The molecular weight excluding hydrogens is 308 g/mol. The van der Waals surface area contributed by atoms with Crippen LogP contribution in [0.5, 0.6) is 0 Å². The van der Waals surface area contributed by atoms with Gasteiger partial charge < -0.3 is 20.8 Å². The third kappa shape index (κ3) is 6.42. The van der Waals surface area contributed by atoms with Crippen LogP contribution >= 0.6 is 0 Å². The van der Waals surface area contributed by atoms with E-state index < -0.39 is 11.9 Å². The summed E-state index contributed by atoms with van der Waals surface area (Å²) in [7, 11) is 0. The predicted octanol–water partition coefficient (Wildman–Crippen LogP) is 2.45. The van der Waals surface area contributed by atoms with Crippen LogP contribution in [0.4, 0.5) is 5.69 Å². The van der Waals surface area contributed by atoms with E-state index in [1.54, 1.807) is 0 Å². The number of rotatable bonds is 5. The fourth-order valence-electron chi connectivity index (χ4n) is 2.63. The molecule has 0 aromatic heterocycles. The highest BCUT2D eigenvalue weighted by Crippen LogP contribution is 2.27. The number of hydrogen-bond acceptors (Lipinski definition) is 4. The van der Waals surface area contributed by atoms with Crippen molar-refractivity contribution in [3.8, 4) is 0 Å². The van der Waals surface area contributed by atoms with Crippen molar-refractivity contribution >= 4 is 17.6 Å². The van der Waals surface area contributed by atoms with Crippen molar-refractivity contribution in [2.45, 2.75) is 38.6 Å². The number of nitrogens with two attached hydrogens (primary N) is 1. The molecule has 0 saturated carbocycles. The van der Waals surface area contributed by atoms with E-state index in [0.29, 0.717) is 24.1 Å². The lowest BCUT2D eigenvalue weighted by atomic mass is 10.0. The third-order valence-corrected chi connectivity index (χ3v) is 3.89. The van der Waals surface area contributed by atoms with Crippen molar-refractivity contribution < 1.29 is 19.8 Å². The Kier molecular flexibility index (Phi) is 7.98. The van der Waals surface area contributed by atoms with Crippen LogP contribution in [0.15, 0.2) is 36.4 Å². The molecule has 6 nitrogen and oxygen atoms in total. The summed E-state index contributed by atoms with van der Waals surface area (Å²) in [5, 5.41) is 15.6. The Morgan fingerprint density at radius 2 is 1.92 bits per heavy atom. The van der Waals surface area contributed by atoms with Crippen molar-refractivity contribution in [1.29, 1.82) is 0 Å². The van der Waals surface area contributed by atoms with Crippen molar-refractivity contribution in [1.82, 2.24) is 0 Å². The van der Waals surface area contributed by atoms with Crippen LogP contribution in [0.1, 0.15) is 38.2 Å². The molecule has 2 rings (SSSR count). The van der Waals surface area contributed by atoms with Gasteiger partial charge in [-0.3, -0.25) is 0 Å². The minimum Gasteiger partial charge on any atom is -0.478 e. The smallest absolute Gasteiger partial charge is 0.328 e. The number of hydrogen-bond donors (Lipinski definition) is 3. The molecule has 1 atom stereocenters. The number of benzene rings is 1. The molecule has 6 heteroatoms. The summed E-state index contributed by atoms with van der Waals surface area (Å²) in [5.74, 6) is -1.92. The first kappa shape index (κ1) is 19.7. The lowest BCUT2D eigenvalue weighted by molar-refractivity contribution is -0.134. The molecule has 0 bridgehead atoms. The van der Waals surface area contributed by atoms with Gasteiger partial charge in [0.2, 0.25) is 0 Å². The van der Waals surface area contributed by atoms with Gasteiger partial charge in [-0.05, 0) is 36.5 Å². The van der Waals surface area contributed by atoms with Crippen LogP contribution in [0.3, 0.4) is 0 Å². The zero-order valence-corrected chi connectivity index (χ0v) is 14.2. The topological polar surface area (TPSA) is 104 Å². The minimum absolute atomic E-state index is 0.544. The Balaban J connectivity index is 0.000000307. The van der Waals surface area contributed by atoms with E-state index in [1.165, 1.54) is 24.1 Å². The second-order valence-corrected chi connectivity index (χ2v) is 5.98. The lowest BCUT2D eigenvalue weighted by Gasteiger charge is -2.26. The van der Waals surface area contributed by atoms with Gasteiger partial charge in [0.05, 0.1) is 0 Å². The lowest BCUT2D eigenvalue weighted by Crippen LogP contribution is -2.35. The number of nitrogens with zero attached hydrogens (tertiary/aromatic N) is 1. The van der Waals surface area contributed by atoms with E-state index >= 15 is 0 Å². The SMILES string of the molecule is CC(C)c1cccc(N2CCCC2CN)c1.O=C(O)C=CC(=O)O. The molecule has 4 N–H and O–H groups in total. The number of carbonyl (C=O) groups is 2. The summed E-state index contributed by atoms with van der Waals surface area (Å²) in [5.41, 5.74) is 8.58. The van der Waals surface area contributed by atoms with Crippen LogP contribution in [0, 0.1) is 0 Å². The maximum Gasteiger partial charge on any atom is 0.328 e. The summed E-state index contributed by atoms with van der Waals surface area (Å²) in [6, 6.07) is 9.44. The van der Waals surface area contributed by atoms with E-state index in [2.05, 4.69) is 43.0 Å². The second kappa shape index (κ2) is 9.72. The molecule has 0 aliphatic carbocycles. The number of aliphatic carboxylic acids is 2. The number of carboxylic acid groups (broad SMARTS) is 2. The van der Waals surface area contributed by atoms with Crippen molar-refractivity contribution in [3.05, 3.63) is 42.0 Å². The first-order valence-corrected chi connectivity index (χ1v) is 8.05. The first-order valence-electron chi connectivity index (χ1n) is 8.05. The standard InChI is InChI=1S/C14H22N2.C4H4O4/c1-11(2)12-5-3-6-13(9-12)16-8-4-7-14(16)10-15;5-3(6)1-2-4(7)8/h3,5-6,9,11,14H,4,7-8,10,15H2,1-2H3;1-2H,(H,5,6)(H,7,8). The molecule has 0 spiro atoms. The molecule has 1 aromatic rings. The Morgan fingerprint density at radius 3 is 2.42 bits per heavy atom. The molecule has 132 valence electrons. The molecule has 1 aliphatic heterocycles. The average Bonchev–Trinajstić information content (AvgIpc) is 3.02. The Bertz CT molecular complexity index is 568. The van der Waals surface area contributed by atoms with Gasteiger partial charge in [-0.1, -0.05) is 26.0 Å². The summed E-state index contributed by atoms with van der Waals surface area (Å²) >= 11 is 0. The van der Waals surface area contributed by atoms with Crippen LogP contribution in [0.2, 0.25) is 0 Å². The van der Waals surface area contributed by atoms with E-state index in [0.717, 1.165) is 13.1 Å². The summed E-state index contributed by atoms with van der Waals surface area (Å²) in [6.07, 6.45) is 3.63. The Hall–Kier alpha value is -2.34. The van der Waals surface area contributed by atoms with Crippen molar-refractivity contribution in [3.63, 3.8) is 0 Å². The van der Waals surface area contributed by atoms with E-state index in [9.17, 15) is 9.59 Å². The number of carboxylic acids is 2. The maximum absolute atomic E-state index is 9.55. The maximum atomic E-state index is 9.55. The second-order valence-electron chi connectivity index (χ2n) is 5.98. The molecule has 1 heterocycles. The molecule has 1 saturated heterocycles. The van der Waals surface area contributed by atoms with Crippen LogP contribution < -0.4 is 10.6 Å².